The molecule has 0 saturated heterocycles. The van der Waals surface area contributed by atoms with Gasteiger partial charge in [-0.2, -0.15) is 0 Å². The molecule has 7 nitrogen and oxygen atoms in total. The number of carboxylic acid groups (broad SMARTS) is 1. The number of carbonyl (C=O) groups is 1. The van der Waals surface area contributed by atoms with Crippen LogP contribution in [0.2, 0.25) is 0 Å². The van der Waals surface area contributed by atoms with Crippen molar-refractivity contribution in [1.29, 1.82) is 0 Å². The molecule has 0 amide bonds. The van der Waals surface area contributed by atoms with Crippen LogP contribution in [0.1, 0.15) is 12.0 Å². The van der Waals surface area contributed by atoms with E-state index in [1.807, 2.05) is 0 Å². The van der Waals surface area contributed by atoms with E-state index in [2.05, 4.69) is 4.72 Å². The summed E-state index contributed by atoms with van der Waals surface area (Å²) in [7, 11) is -6.83. The number of hydrogen-bond acceptors (Lipinski definition) is 5. The van der Waals surface area contributed by atoms with E-state index in [4.69, 9.17) is 5.11 Å². The van der Waals surface area contributed by atoms with Crippen molar-refractivity contribution in [2.75, 3.05) is 18.6 Å². The Morgan fingerprint density at radius 3 is 2.19 bits per heavy atom. The van der Waals surface area contributed by atoms with E-state index in [1.165, 1.54) is 24.3 Å². The Labute approximate surface area is 124 Å². The molecule has 2 N–H and O–H groups in total. The van der Waals surface area contributed by atoms with Crippen molar-refractivity contribution >= 4 is 25.8 Å². The molecule has 0 radical (unpaired) electrons. The van der Waals surface area contributed by atoms with Crippen molar-refractivity contribution in [3.8, 4) is 0 Å². The van der Waals surface area contributed by atoms with E-state index in [0.717, 1.165) is 6.26 Å². The van der Waals surface area contributed by atoms with Crippen LogP contribution in [0, 0.1) is 0 Å². The molecule has 0 bridgehead atoms. The van der Waals surface area contributed by atoms with Gasteiger partial charge in [0, 0.05) is 12.8 Å². The van der Waals surface area contributed by atoms with Gasteiger partial charge >= 0.3 is 5.97 Å². The van der Waals surface area contributed by atoms with Gasteiger partial charge < -0.3 is 5.11 Å². The summed E-state index contributed by atoms with van der Waals surface area (Å²) in [6, 6.07) is 5.49. The number of nitrogens with one attached hydrogen (secondary N) is 1. The number of carboxylic acids is 1. The molecule has 1 aromatic rings. The highest BCUT2D eigenvalue weighted by Crippen LogP contribution is 2.11. The first-order chi connectivity index (χ1) is 9.60. The standard InChI is InChI=1S/C12H17NO6S2/c1-20(16,17)8-2-7-13-21(18,19)11-5-3-10(4-6-11)9-12(14)15/h3-6,13H,2,7-9H2,1H3,(H,14,15). The number of aliphatic carboxylic acids is 1. The highest BCUT2D eigenvalue weighted by molar-refractivity contribution is 7.90. The molecule has 1 rings (SSSR count). The second-order valence-electron chi connectivity index (χ2n) is 4.60. The fourth-order valence-electron chi connectivity index (χ4n) is 1.59. The zero-order valence-corrected chi connectivity index (χ0v) is 13.1. The van der Waals surface area contributed by atoms with Crippen LogP contribution in [0.3, 0.4) is 0 Å². The molecule has 0 aliphatic carbocycles. The van der Waals surface area contributed by atoms with E-state index in [-0.39, 0.29) is 30.0 Å². The second kappa shape index (κ2) is 7.01. The first kappa shape index (κ1) is 17.6. The van der Waals surface area contributed by atoms with Crippen LogP contribution in [0.4, 0.5) is 0 Å². The van der Waals surface area contributed by atoms with Crippen LogP contribution >= 0.6 is 0 Å². The van der Waals surface area contributed by atoms with Crippen molar-refractivity contribution in [2.45, 2.75) is 17.7 Å². The lowest BCUT2D eigenvalue weighted by atomic mass is 10.2. The molecule has 118 valence electrons. The van der Waals surface area contributed by atoms with Crippen molar-refractivity contribution in [2.24, 2.45) is 0 Å². The van der Waals surface area contributed by atoms with Gasteiger partial charge in [0.25, 0.3) is 0 Å². The molecular formula is C12H17NO6S2. The molecular weight excluding hydrogens is 318 g/mol. The summed E-state index contributed by atoms with van der Waals surface area (Å²) in [6.45, 7) is 0.0201. The smallest absolute Gasteiger partial charge is 0.307 e. The minimum absolute atomic E-state index is 0.0102. The van der Waals surface area contributed by atoms with Crippen LogP contribution in [-0.4, -0.2) is 46.5 Å². The van der Waals surface area contributed by atoms with Crippen LogP contribution < -0.4 is 4.72 Å². The summed E-state index contributed by atoms with van der Waals surface area (Å²) in [4.78, 5) is 10.5. The van der Waals surface area contributed by atoms with Gasteiger partial charge in [0.2, 0.25) is 10.0 Å². The summed E-state index contributed by atoms with van der Waals surface area (Å²) in [6.07, 6.45) is 1.10. The zero-order valence-electron chi connectivity index (χ0n) is 11.4. The Morgan fingerprint density at radius 2 is 1.71 bits per heavy atom. The number of sulfonamides is 1. The molecule has 0 aliphatic rings. The number of benzene rings is 1. The molecule has 0 aliphatic heterocycles. The summed E-state index contributed by atoms with van der Waals surface area (Å²) >= 11 is 0. The molecule has 0 unspecified atom stereocenters. The van der Waals surface area contributed by atoms with Gasteiger partial charge in [0.15, 0.2) is 0 Å². The summed E-state index contributed by atoms with van der Waals surface area (Å²) in [5.41, 5.74) is 0.499. The van der Waals surface area contributed by atoms with Gasteiger partial charge in [-0.05, 0) is 24.1 Å². The van der Waals surface area contributed by atoms with Gasteiger partial charge in [0.05, 0.1) is 17.1 Å². The van der Waals surface area contributed by atoms with Crippen LogP contribution in [0.5, 0.6) is 0 Å². The third-order valence-corrected chi connectivity index (χ3v) is 5.08. The Bertz CT molecular complexity index is 692. The topological polar surface area (TPSA) is 118 Å². The fourth-order valence-corrected chi connectivity index (χ4v) is 3.33. The maximum atomic E-state index is 11.9. The van der Waals surface area contributed by atoms with E-state index >= 15 is 0 Å². The Kier molecular flexibility index (Phi) is 5.87. The number of hydrogen-bond donors (Lipinski definition) is 2. The molecule has 0 spiro atoms. The van der Waals surface area contributed by atoms with E-state index in [1.54, 1.807) is 0 Å². The van der Waals surface area contributed by atoms with Crippen LogP contribution in [-0.2, 0) is 31.1 Å². The van der Waals surface area contributed by atoms with Crippen molar-refractivity contribution in [3.05, 3.63) is 29.8 Å². The Hall–Kier alpha value is -1.45. The lowest BCUT2D eigenvalue weighted by Gasteiger charge is -2.07. The Balaban J connectivity index is 2.64. The van der Waals surface area contributed by atoms with Gasteiger partial charge in [-0.25, -0.2) is 21.6 Å². The van der Waals surface area contributed by atoms with Gasteiger partial charge in [-0.3, -0.25) is 4.79 Å². The van der Waals surface area contributed by atoms with Crippen molar-refractivity contribution in [1.82, 2.24) is 4.72 Å². The number of sulfone groups is 1. The minimum Gasteiger partial charge on any atom is -0.481 e. The average Bonchev–Trinajstić information content (AvgIpc) is 2.33. The molecule has 0 heterocycles. The summed E-state index contributed by atoms with van der Waals surface area (Å²) in [5.74, 6) is -1.09. The summed E-state index contributed by atoms with van der Waals surface area (Å²) < 4.78 is 48.0. The molecule has 0 saturated carbocycles. The summed E-state index contributed by atoms with van der Waals surface area (Å²) in [5, 5.41) is 8.63. The maximum absolute atomic E-state index is 11.9. The van der Waals surface area contributed by atoms with Crippen LogP contribution in [0.15, 0.2) is 29.2 Å². The highest BCUT2D eigenvalue weighted by Gasteiger charge is 2.14. The van der Waals surface area contributed by atoms with E-state index in [0.29, 0.717) is 5.56 Å². The quantitative estimate of drug-likeness (QED) is 0.647. The SMILES string of the molecule is CS(=O)(=O)CCCNS(=O)(=O)c1ccc(CC(=O)O)cc1. The maximum Gasteiger partial charge on any atom is 0.307 e. The molecule has 0 aromatic heterocycles. The van der Waals surface area contributed by atoms with E-state index < -0.39 is 25.8 Å². The molecule has 1 aromatic carbocycles. The van der Waals surface area contributed by atoms with Gasteiger partial charge in [0.1, 0.15) is 9.84 Å². The molecule has 9 heteroatoms. The largest absolute Gasteiger partial charge is 0.481 e. The monoisotopic (exact) mass is 335 g/mol. The number of rotatable bonds is 8. The molecule has 0 fully saturated rings. The van der Waals surface area contributed by atoms with E-state index in [9.17, 15) is 21.6 Å². The van der Waals surface area contributed by atoms with Crippen molar-refractivity contribution < 1.29 is 26.7 Å². The molecule has 0 atom stereocenters. The highest BCUT2D eigenvalue weighted by atomic mass is 32.2. The first-order valence-electron chi connectivity index (χ1n) is 6.08. The third-order valence-electron chi connectivity index (χ3n) is 2.57. The lowest BCUT2D eigenvalue weighted by molar-refractivity contribution is -0.136. The molecule has 21 heavy (non-hydrogen) atoms. The van der Waals surface area contributed by atoms with Crippen LogP contribution in [0.25, 0.3) is 0 Å². The predicted molar refractivity (Wildman–Crippen MR) is 77.3 cm³/mol. The minimum atomic E-state index is -3.72. The normalized spacial score (nSPS) is 12.2. The van der Waals surface area contributed by atoms with Gasteiger partial charge in [-0.1, -0.05) is 12.1 Å². The van der Waals surface area contributed by atoms with Crippen molar-refractivity contribution in [3.63, 3.8) is 0 Å². The van der Waals surface area contributed by atoms with Gasteiger partial charge in [-0.15, -0.1) is 0 Å². The first-order valence-corrected chi connectivity index (χ1v) is 9.63. The second-order valence-corrected chi connectivity index (χ2v) is 8.62. The predicted octanol–water partition coefficient (Wildman–Crippen LogP) is 0.0267. The average molecular weight is 335 g/mol. The Morgan fingerprint density at radius 1 is 1.14 bits per heavy atom. The lowest BCUT2D eigenvalue weighted by Crippen LogP contribution is -2.26. The third kappa shape index (κ3) is 6.69. The zero-order chi connectivity index (χ0) is 16.1. The fraction of sp³-hybridized carbons (Fsp3) is 0.417.